The molecule has 0 spiro atoms. The lowest BCUT2D eigenvalue weighted by Gasteiger charge is -2.42. The van der Waals surface area contributed by atoms with Gasteiger partial charge in [-0.1, -0.05) is 19.3 Å². The number of β-amino-alcohol motifs (C(OH)–C–C–N with tert-alkyl or cyclic N) is 1. The van der Waals surface area contributed by atoms with Gasteiger partial charge in [0.15, 0.2) is 0 Å². The molecule has 1 aliphatic heterocycles. The van der Waals surface area contributed by atoms with Crippen LogP contribution in [-0.4, -0.2) is 59.3 Å². The largest absolute Gasteiger partial charge is 0.389 e. The first-order valence-electron chi connectivity index (χ1n) is 7.23. The summed E-state index contributed by atoms with van der Waals surface area (Å²) in [5.41, 5.74) is -0.549. The van der Waals surface area contributed by atoms with E-state index in [1.54, 1.807) is 0 Å². The normalized spacial score (nSPS) is 26.3. The number of piperazine rings is 1. The smallest absolute Gasteiger partial charge is 0.0718 e. The van der Waals surface area contributed by atoms with Crippen LogP contribution >= 0.6 is 0 Å². The Balaban J connectivity index is 1.73. The fourth-order valence-corrected chi connectivity index (χ4v) is 3.28. The second-order valence-electron chi connectivity index (χ2n) is 6.42. The van der Waals surface area contributed by atoms with Crippen molar-refractivity contribution in [2.45, 2.75) is 57.6 Å². The van der Waals surface area contributed by atoms with Crippen molar-refractivity contribution >= 4 is 0 Å². The van der Waals surface area contributed by atoms with E-state index in [0.29, 0.717) is 0 Å². The zero-order chi connectivity index (χ0) is 12.3. The Kier molecular flexibility index (Phi) is 4.45. The van der Waals surface area contributed by atoms with Crippen molar-refractivity contribution in [2.75, 3.05) is 32.7 Å². The van der Waals surface area contributed by atoms with E-state index in [2.05, 4.69) is 9.80 Å². The van der Waals surface area contributed by atoms with Crippen LogP contribution in [0.25, 0.3) is 0 Å². The van der Waals surface area contributed by atoms with Gasteiger partial charge < -0.3 is 5.11 Å². The summed E-state index contributed by atoms with van der Waals surface area (Å²) in [4.78, 5) is 5.08. The van der Waals surface area contributed by atoms with Gasteiger partial charge in [-0.05, 0) is 26.7 Å². The monoisotopic (exact) mass is 240 g/mol. The molecule has 1 heterocycles. The molecule has 17 heavy (non-hydrogen) atoms. The number of hydrogen-bond acceptors (Lipinski definition) is 3. The van der Waals surface area contributed by atoms with E-state index in [1.807, 2.05) is 13.8 Å². The minimum absolute atomic E-state index is 0.549. The topological polar surface area (TPSA) is 26.7 Å². The minimum Gasteiger partial charge on any atom is -0.389 e. The third kappa shape index (κ3) is 4.23. The summed E-state index contributed by atoms with van der Waals surface area (Å²) in [6.45, 7) is 9.26. The summed E-state index contributed by atoms with van der Waals surface area (Å²) >= 11 is 0. The van der Waals surface area contributed by atoms with E-state index in [4.69, 9.17) is 0 Å². The molecule has 3 heteroatoms. The van der Waals surface area contributed by atoms with E-state index in [1.165, 1.54) is 45.2 Å². The first-order chi connectivity index (χ1) is 8.04. The highest BCUT2D eigenvalue weighted by molar-refractivity contribution is 4.82. The maximum absolute atomic E-state index is 9.83. The highest BCUT2D eigenvalue weighted by Gasteiger charge is 2.27. The van der Waals surface area contributed by atoms with Crippen LogP contribution in [0.3, 0.4) is 0 Å². The number of aliphatic hydroxyl groups is 1. The zero-order valence-corrected chi connectivity index (χ0v) is 11.5. The molecular formula is C14H28N2O. The molecule has 2 aliphatic rings. The molecule has 1 N–H and O–H groups in total. The Morgan fingerprint density at radius 2 is 1.59 bits per heavy atom. The summed E-state index contributed by atoms with van der Waals surface area (Å²) in [6.07, 6.45) is 7.11. The molecule has 1 saturated carbocycles. The van der Waals surface area contributed by atoms with Crippen LogP contribution in [-0.2, 0) is 0 Å². The summed E-state index contributed by atoms with van der Waals surface area (Å²) in [7, 11) is 0. The van der Waals surface area contributed by atoms with Crippen LogP contribution in [0.5, 0.6) is 0 Å². The molecule has 0 aromatic carbocycles. The van der Waals surface area contributed by atoms with Gasteiger partial charge in [0.2, 0.25) is 0 Å². The van der Waals surface area contributed by atoms with Crippen LogP contribution < -0.4 is 0 Å². The molecule has 0 atom stereocenters. The third-order valence-electron chi connectivity index (χ3n) is 4.11. The standard InChI is InChI=1S/C14H28N2O/c1-14(2,17)12-15-8-10-16(11-9-15)13-6-4-3-5-7-13/h13,17H,3-12H2,1-2H3. The van der Waals surface area contributed by atoms with E-state index in [-0.39, 0.29) is 0 Å². The molecule has 0 radical (unpaired) electrons. The summed E-state index contributed by atoms with van der Waals surface area (Å²) in [5, 5.41) is 9.83. The molecular weight excluding hydrogens is 212 g/mol. The molecule has 1 aliphatic carbocycles. The average Bonchev–Trinajstić information content (AvgIpc) is 2.29. The minimum atomic E-state index is -0.549. The zero-order valence-electron chi connectivity index (χ0n) is 11.5. The maximum Gasteiger partial charge on any atom is 0.0718 e. The molecule has 0 unspecified atom stereocenters. The SMILES string of the molecule is CC(C)(O)CN1CCN(C2CCCCC2)CC1. The van der Waals surface area contributed by atoms with Crippen molar-refractivity contribution in [3.63, 3.8) is 0 Å². The Morgan fingerprint density at radius 3 is 2.12 bits per heavy atom. The van der Waals surface area contributed by atoms with Crippen LogP contribution in [0.4, 0.5) is 0 Å². The van der Waals surface area contributed by atoms with E-state index < -0.39 is 5.60 Å². The van der Waals surface area contributed by atoms with Crippen molar-refractivity contribution in [1.29, 1.82) is 0 Å². The summed E-state index contributed by atoms with van der Waals surface area (Å²) in [5.74, 6) is 0. The Hall–Kier alpha value is -0.120. The number of rotatable bonds is 3. The lowest BCUT2D eigenvalue weighted by atomic mass is 9.94. The number of hydrogen-bond donors (Lipinski definition) is 1. The van der Waals surface area contributed by atoms with Gasteiger partial charge in [0.05, 0.1) is 5.60 Å². The Bertz CT molecular complexity index is 223. The van der Waals surface area contributed by atoms with Gasteiger partial charge in [0, 0.05) is 38.8 Å². The lowest BCUT2D eigenvalue weighted by molar-refractivity contribution is 0.00764. The summed E-state index contributed by atoms with van der Waals surface area (Å²) in [6, 6.07) is 0.855. The van der Waals surface area contributed by atoms with Crippen molar-refractivity contribution in [3.8, 4) is 0 Å². The molecule has 0 amide bonds. The third-order valence-corrected chi connectivity index (χ3v) is 4.11. The second-order valence-corrected chi connectivity index (χ2v) is 6.42. The predicted molar refractivity (Wildman–Crippen MR) is 71.2 cm³/mol. The highest BCUT2D eigenvalue weighted by Crippen LogP contribution is 2.23. The Labute approximate surface area is 106 Å². The number of nitrogens with zero attached hydrogens (tertiary/aromatic N) is 2. The molecule has 3 nitrogen and oxygen atoms in total. The average molecular weight is 240 g/mol. The van der Waals surface area contributed by atoms with Gasteiger partial charge in [-0.25, -0.2) is 0 Å². The van der Waals surface area contributed by atoms with E-state index in [9.17, 15) is 5.11 Å². The molecule has 0 bridgehead atoms. The highest BCUT2D eigenvalue weighted by atomic mass is 16.3. The van der Waals surface area contributed by atoms with Crippen molar-refractivity contribution in [2.24, 2.45) is 0 Å². The quantitative estimate of drug-likeness (QED) is 0.813. The van der Waals surface area contributed by atoms with Crippen LogP contribution in [0, 0.1) is 0 Å². The van der Waals surface area contributed by atoms with Crippen LogP contribution in [0.2, 0.25) is 0 Å². The van der Waals surface area contributed by atoms with Crippen molar-refractivity contribution in [3.05, 3.63) is 0 Å². The fraction of sp³-hybridized carbons (Fsp3) is 1.00. The van der Waals surface area contributed by atoms with E-state index in [0.717, 1.165) is 25.7 Å². The van der Waals surface area contributed by atoms with Crippen LogP contribution in [0.1, 0.15) is 46.0 Å². The summed E-state index contributed by atoms with van der Waals surface area (Å²) < 4.78 is 0. The van der Waals surface area contributed by atoms with Gasteiger partial charge >= 0.3 is 0 Å². The van der Waals surface area contributed by atoms with Gasteiger partial charge in [-0.15, -0.1) is 0 Å². The predicted octanol–water partition coefficient (Wildman–Crippen LogP) is 1.71. The van der Waals surface area contributed by atoms with Crippen molar-refractivity contribution in [1.82, 2.24) is 9.80 Å². The molecule has 0 aromatic heterocycles. The first-order valence-corrected chi connectivity index (χ1v) is 7.23. The second kappa shape index (κ2) is 5.68. The molecule has 2 rings (SSSR count). The molecule has 2 fully saturated rings. The van der Waals surface area contributed by atoms with Gasteiger partial charge in [-0.2, -0.15) is 0 Å². The van der Waals surface area contributed by atoms with Gasteiger partial charge in [-0.3, -0.25) is 9.80 Å². The molecule has 0 aromatic rings. The lowest BCUT2D eigenvalue weighted by Crippen LogP contribution is -2.53. The van der Waals surface area contributed by atoms with E-state index >= 15 is 0 Å². The Morgan fingerprint density at radius 1 is 1.00 bits per heavy atom. The van der Waals surface area contributed by atoms with Gasteiger partial charge in [0.1, 0.15) is 0 Å². The van der Waals surface area contributed by atoms with Crippen molar-refractivity contribution < 1.29 is 5.11 Å². The maximum atomic E-state index is 9.83. The first kappa shape index (κ1) is 13.3. The molecule has 100 valence electrons. The molecule has 1 saturated heterocycles. The van der Waals surface area contributed by atoms with Gasteiger partial charge in [0.25, 0.3) is 0 Å². The fourth-order valence-electron chi connectivity index (χ4n) is 3.28. The van der Waals surface area contributed by atoms with Crippen LogP contribution in [0.15, 0.2) is 0 Å².